The van der Waals surface area contributed by atoms with E-state index in [4.69, 9.17) is 28.7 Å². The highest BCUT2D eigenvalue weighted by atomic mass is 16.3. The largest absolute Gasteiger partial charge is 0.391 e. The van der Waals surface area contributed by atoms with E-state index >= 15 is 0 Å². The lowest BCUT2D eigenvalue weighted by molar-refractivity contribution is -0.137. The fourth-order valence-corrected chi connectivity index (χ4v) is 11.1. The van der Waals surface area contributed by atoms with Gasteiger partial charge in [-0.3, -0.25) is 62.9 Å². The van der Waals surface area contributed by atoms with Crippen molar-refractivity contribution < 1.29 is 72.9 Å². The van der Waals surface area contributed by atoms with Crippen LogP contribution in [0.5, 0.6) is 0 Å². The standard InChI is InChI=1S/C67H120N18O15/c1-7-9-10-11-12-17-23-44(75-54(89)24-18-14-19-36-73-53(88)20-8-2)57(90)77-49(29-35-72)63(96)85-56(42(6)87)67(100)81-47(27-33-70)59(92)80-50-30-37-74-66(99)55(41(5)86)84-62(95)48(28-34-71)78-58(91)45(25-31-68)79-64(97)51(38-40(3)4)82-65(98)52(39-43-21-15-13-16-22-43)83-60(93)46(26-32-69)76-61(50)94/h13,15-16,21-22,40-42,44-52,55-56,65,82,86-87,98H,7-12,14,17-20,23-39,68-72H2,1-6H3,(H,73,88)(H,74,99)(H,75,89)(H,76,94)(H,77,90)(H,78,91)(H,79,97)(H,80,92)(H,81,100)(H,83,93)(H,84,95)(H,85,96)/t41-,42-,44+,45+,46+,47+,48+,49+,50+,51+,52-,55+,56+,65?/m1/s1. The Balaban J connectivity index is 2.62. The molecule has 0 spiro atoms. The number of nitrogens with two attached hydrogens (primary N) is 5. The summed E-state index contributed by atoms with van der Waals surface area (Å²) in [7, 11) is 0. The molecule has 33 nitrogen and oxygen atoms in total. The van der Waals surface area contributed by atoms with Gasteiger partial charge in [0.15, 0.2) is 0 Å². The second-order valence-corrected chi connectivity index (χ2v) is 26.0. The Morgan fingerprint density at radius 1 is 0.530 bits per heavy atom. The monoisotopic (exact) mass is 1420 g/mol. The third-order valence-electron chi connectivity index (χ3n) is 16.7. The van der Waals surface area contributed by atoms with Gasteiger partial charge >= 0.3 is 0 Å². The lowest BCUT2D eigenvalue weighted by atomic mass is 9.99. The first-order chi connectivity index (χ1) is 47.7. The first-order valence-corrected chi connectivity index (χ1v) is 35.6. The Kier molecular flexibility index (Phi) is 44.2. The minimum Gasteiger partial charge on any atom is -0.391 e. The lowest BCUT2D eigenvalue weighted by Crippen LogP contribution is -2.62. The van der Waals surface area contributed by atoms with E-state index in [1.54, 1.807) is 30.3 Å². The summed E-state index contributed by atoms with van der Waals surface area (Å²) in [5.41, 5.74) is 30.3. The molecule has 0 saturated carbocycles. The summed E-state index contributed by atoms with van der Waals surface area (Å²) in [4.78, 5) is 168. The summed E-state index contributed by atoms with van der Waals surface area (Å²) in [6.07, 6.45) is 2.24. The van der Waals surface area contributed by atoms with Crippen molar-refractivity contribution in [2.75, 3.05) is 45.8 Å². The molecule has 568 valence electrons. The summed E-state index contributed by atoms with van der Waals surface area (Å²) in [6.45, 7) is 9.13. The summed E-state index contributed by atoms with van der Waals surface area (Å²) in [5, 5.41) is 68.2. The van der Waals surface area contributed by atoms with Crippen molar-refractivity contribution >= 4 is 70.9 Å². The number of hydrogen-bond donors (Lipinski definition) is 21. The van der Waals surface area contributed by atoms with E-state index in [0.29, 0.717) is 44.2 Å². The van der Waals surface area contributed by atoms with E-state index in [1.165, 1.54) is 13.8 Å². The normalized spacial score (nSPS) is 21.9. The Morgan fingerprint density at radius 3 is 1.61 bits per heavy atom. The molecule has 14 atom stereocenters. The second-order valence-electron chi connectivity index (χ2n) is 26.0. The van der Waals surface area contributed by atoms with Gasteiger partial charge in [-0.1, -0.05) is 103 Å². The number of aliphatic hydroxyl groups excluding tert-OH is 3. The molecule has 12 amide bonds. The molecular weight excluding hydrogens is 1300 g/mol. The number of rotatable bonds is 40. The maximum atomic E-state index is 14.7. The summed E-state index contributed by atoms with van der Waals surface area (Å²) in [6, 6.07) is -7.32. The minimum absolute atomic E-state index is 0.0418. The Morgan fingerprint density at radius 2 is 1.05 bits per heavy atom. The van der Waals surface area contributed by atoms with Crippen LogP contribution in [0.4, 0.5) is 0 Å². The number of nitrogens with one attached hydrogen (secondary N) is 13. The van der Waals surface area contributed by atoms with Crippen molar-refractivity contribution in [2.45, 2.75) is 261 Å². The van der Waals surface area contributed by atoms with Crippen LogP contribution >= 0.6 is 0 Å². The average molecular weight is 1420 g/mol. The number of hydrogen-bond acceptors (Lipinski definition) is 21. The van der Waals surface area contributed by atoms with E-state index < -0.39 is 163 Å². The Labute approximate surface area is 588 Å². The van der Waals surface area contributed by atoms with Gasteiger partial charge in [-0.15, -0.1) is 0 Å². The molecule has 0 radical (unpaired) electrons. The molecule has 1 saturated heterocycles. The van der Waals surface area contributed by atoms with Gasteiger partial charge in [-0.2, -0.15) is 0 Å². The molecule has 100 heavy (non-hydrogen) atoms. The van der Waals surface area contributed by atoms with Crippen LogP contribution in [0.3, 0.4) is 0 Å². The fraction of sp³-hybridized carbons (Fsp3) is 0.731. The van der Waals surface area contributed by atoms with E-state index in [-0.39, 0.29) is 102 Å². The quantitative estimate of drug-likeness (QED) is 0.0276. The van der Waals surface area contributed by atoms with Crippen LogP contribution in [0.2, 0.25) is 0 Å². The van der Waals surface area contributed by atoms with Crippen molar-refractivity contribution in [2.24, 2.45) is 34.6 Å². The Bertz CT molecular complexity index is 2680. The third-order valence-corrected chi connectivity index (χ3v) is 16.7. The summed E-state index contributed by atoms with van der Waals surface area (Å²) in [5.74, 6) is -9.93. The summed E-state index contributed by atoms with van der Waals surface area (Å²) >= 11 is 0. The molecule has 1 aliphatic heterocycles. The number of benzene rings is 1. The molecule has 0 bridgehead atoms. The third kappa shape index (κ3) is 34.2. The maximum absolute atomic E-state index is 14.7. The van der Waals surface area contributed by atoms with Crippen molar-refractivity contribution in [1.82, 2.24) is 69.1 Å². The molecular formula is C67H120N18O15. The topological polar surface area (TPSA) is 552 Å². The molecule has 1 aliphatic rings. The van der Waals surface area contributed by atoms with Crippen LogP contribution in [-0.2, 0) is 64.0 Å². The van der Waals surface area contributed by atoms with Gasteiger partial charge < -0.3 is 108 Å². The highest BCUT2D eigenvalue weighted by molar-refractivity contribution is 5.98. The zero-order chi connectivity index (χ0) is 74.7. The number of carbonyl (C=O) groups is 12. The van der Waals surface area contributed by atoms with Crippen LogP contribution < -0.4 is 97.8 Å². The van der Waals surface area contributed by atoms with Crippen molar-refractivity contribution in [3.8, 4) is 0 Å². The molecule has 1 heterocycles. The molecule has 0 aliphatic carbocycles. The van der Waals surface area contributed by atoms with Crippen LogP contribution in [0.25, 0.3) is 0 Å². The second kappa shape index (κ2) is 49.9. The number of aliphatic hydroxyl groups is 3. The van der Waals surface area contributed by atoms with Gasteiger partial charge in [0.2, 0.25) is 70.9 Å². The van der Waals surface area contributed by atoms with Gasteiger partial charge in [0, 0.05) is 25.9 Å². The molecule has 1 unspecified atom stereocenters. The van der Waals surface area contributed by atoms with Crippen LogP contribution in [0.15, 0.2) is 30.3 Å². The number of carbonyl (C=O) groups excluding carboxylic acids is 12. The first-order valence-electron chi connectivity index (χ1n) is 35.6. The van der Waals surface area contributed by atoms with Crippen LogP contribution in [0, 0.1) is 5.92 Å². The highest BCUT2D eigenvalue weighted by Gasteiger charge is 2.38. The van der Waals surface area contributed by atoms with Crippen molar-refractivity contribution in [3.63, 3.8) is 0 Å². The van der Waals surface area contributed by atoms with E-state index in [2.05, 4.69) is 76.0 Å². The average Bonchev–Trinajstić information content (AvgIpc) is 0.887. The van der Waals surface area contributed by atoms with E-state index in [0.717, 1.165) is 38.5 Å². The SMILES string of the molecule is CCCCCCCC[C@H](NC(=O)CCCCCNC(=O)CCC)C(=O)N[C@@H](CCN)C(=O)N[C@H](C(=O)N[C@@H](CCN)C(=O)N[C@H]1CCNC(=O)[C@H]([C@@H](C)O)NC(=O)[C@H](CCN)NC(=O)[C@H](CCN)NC(=O)[C@H](CC(C)C)NC(O)[C@@H](Cc2ccccc2)NC(=O)[C@H](CCN)NC1=O)[C@@H](C)O. The van der Waals surface area contributed by atoms with Crippen LogP contribution in [0.1, 0.15) is 176 Å². The maximum Gasteiger partial charge on any atom is 0.245 e. The lowest BCUT2D eigenvalue weighted by Gasteiger charge is -2.32. The van der Waals surface area contributed by atoms with Gasteiger partial charge in [0.1, 0.15) is 60.6 Å². The molecule has 1 fully saturated rings. The molecule has 2 rings (SSSR count). The zero-order valence-electron chi connectivity index (χ0n) is 59.5. The van der Waals surface area contributed by atoms with Gasteiger partial charge in [-0.05, 0) is 135 Å². The first kappa shape index (κ1) is 88.6. The summed E-state index contributed by atoms with van der Waals surface area (Å²) < 4.78 is 0. The fourth-order valence-electron chi connectivity index (χ4n) is 11.1. The zero-order valence-corrected chi connectivity index (χ0v) is 59.5. The van der Waals surface area contributed by atoms with Crippen molar-refractivity contribution in [3.05, 3.63) is 35.9 Å². The van der Waals surface area contributed by atoms with Crippen LogP contribution in [-0.4, -0.2) is 217 Å². The van der Waals surface area contributed by atoms with Gasteiger partial charge in [-0.25, -0.2) is 0 Å². The van der Waals surface area contributed by atoms with E-state index in [9.17, 15) is 72.9 Å². The van der Waals surface area contributed by atoms with Gasteiger partial charge in [0.05, 0.1) is 24.3 Å². The number of amides is 12. The van der Waals surface area contributed by atoms with E-state index in [1.807, 2.05) is 20.8 Å². The predicted octanol–water partition coefficient (Wildman–Crippen LogP) is -4.35. The highest BCUT2D eigenvalue weighted by Crippen LogP contribution is 2.15. The van der Waals surface area contributed by atoms with Gasteiger partial charge in [0.25, 0.3) is 0 Å². The molecule has 1 aromatic rings. The number of unbranched alkanes of at least 4 members (excludes halogenated alkanes) is 7. The molecule has 0 aromatic heterocycles. The van der Waals surface area contributed by atoms with Crippen molar-refractivity contribution in [1.29, 1.82) is 0 Å². The minimum atomic E-state index is -1.80. The molecule has 33 heteroatoms. The Hall–Kier alpha value is -7.50. The predicted molar refractivity (Wildman–Crippen MR) is 376 cm³/mol. The smallest absolute Gasteiger partial charge is 0.245 e. The molecule has 26 N–H and O–H groups in total. The molecule has 1 aromatic carbocycles.